The van der Waals surface area contributed by atoms with E-state index in [1.807, 2.05) is 0 Å². The Morgan fingerprint density at radius 2 is 1.60 bits per heavy atom. The van der Waals surface area contributed by atoms with Gasteiger partial charge in [0.05, 0.1) is 19.2 Å². The maximum atomic E-state index is 12.9. The number of methoxy groups -OCH3 is 1. The zero-order valence-corrected chi connectivity index (χ0v) is 17.0. The fourth-order valence-electron chi connectivity index (χ4n) is 3.21. The molecule has 3 rings (SSSR count). The number of benzene rings is 2. The van der Waals surface area contributed by atoms with Gasteiger partial charge in [0.2, 0.25) is 5.91 Å². The molecule has 0 saturated carbocycles. The van der Waals surface area contributed by atoms with E-state index in [4.69, 9.17) is 4.74 Å². The smallest absolute Gasteiger partial charge is 0.337 e. The summed E-state index contributed by atoms with van der Waals surface area (Å²) in [7, 11) is 1.35. The quantitative estimate of drug-likeness (QED) is 0.667. The van der Waals surface area contributed by atoms with Crippen molar-refractivity contribution in [3.8, 4) is 5.75 Å². The van der Waals surface area contributed by atoms with E-state index in [2.05, 4.69) is 19.9 Å². The van der Waals surface area contributed by atoms with E-state index in [0.717, 1.165) is 32.7 Å². The van der Waals surface area contributed by atoms with Crippen molar-refractivity contribution in [2.45, 2.75) is 0 Å². The molecule has 8 heteroatoms. The van der Waals surface area contributed by atoms with Gasteiger partial charge in [0.1, 0.15) is 18.2 Å². The highest BCUT2D eigenvalue weighted by molar-refractivity contribution is 5.92. The molecule has 0 unspecified atom stereocenters. The summed E-state index contributed by atoms with van der Waals surface area (Å²) in [6.07, 6.45) is 0. The summed E-state index contributed by atoms with van der Waals surface area (Å²) >= 11 is 0. The Kier molecular flexibility index (Phi) is 7.75. The minimum atomic E-state index is -0.370. The molecular formula is C22H26FN3O4. The highest BCUT2D eigenvalue weighted by atomic mass is 19.1. The molecule has 1 aliphatic rings. The Labute approximate surface area is 175 Å². The van der Waals surface area contributed by atoms with Crippen molar-refractivity contribution in [2.24, 2.45) is 0 Å². The van der Waals surface area contributed by atoms with Gasteiger partial charge in [-0.05, 0) is 48.5 Å². The normalized spacial score (nSPS) is 14.9. The summed E-state index contributed by atoms with van der Waals surface area (Å²) in [4.78, 5) is 28.0. The number of hydrogen-bond donors (Lipinski definition) is 1. The van der Waals surface area contributed by atoms with Crippen LogP contribution in [0.3, 0.4) is 0 Å². The van der Waals surface area contributed by atoms with Gasteiger partial charge in [-0.1, -0.05) is 0 Å². The van der Waals surface area contributed by atoms with Gasteiger partial charge >= 0.3 is 5.97 Å². The fourth-order valence-corrected chi connectivity index (χ4v) is 3.21. The number of anilines is 1. The second kappa shape index (κ2) is 10.7. The van der Waals surface area contributed by atoms with E-state index < -0.39 is 0 Å². The molecule has 1 aliphatic heterocycles. The maximum Gasteiger partial charge on any atom is 0.337 e. The first-order chi connectivity index (χ1) is 14.5. The molecule has 0 bridgehead atoms. The van der Waals surface area contributed by atoms with Gasteiger partial charge in [0.15, 0.2) is 0 Å². The van der Waals surface area contributed by atoms with Crippen molar-refractivity contribution < 1.29 is 23.5 Å². The van der Waals surface area contributed by atoms with E-state index in [9.17, 15) is 14.0 Å². The molecule has 0 spiro atoms. The van der Waals surface area contributed by atoms with Gasteiger partial charge in [-0.3, -0.25) is 14.6 Å². The van der Waals surface area contributed by atoms with Crippen molar-refractivity contribution >= 4 is 17.6 Å². The lowest BCUT2D eigenvalue weighted by atomic mass is 10.2. The molecule has 30 heavy (non-hydrogen) atoms. The Morgan fingerprint density at radius 1 is 0.967 bits per heavy atom. The highest BCUT2D eigenvalue weighted by Gasteiger charge is 2.19. The Hall–Kier alpha value is -2.97. The summed E-state index contributed by atoms with van der Waals surface area (Å²) in [5.74, 6) is -0.0929. The van der Waals surface area contributed by atoms with Crippen LogP contribution in [0, 0.1) is 5.82 Å². The molecule has 0 aromatic heterocycles. The summed E-state index contributed by atoms with van der Waals surface area (Å²) in [6, 6.07) is 12.6. The largest absolute Gasteiger partial charge is 0.492 e. The number of hydrogen-bond acceptors (Lipinski definition) is 6. The zero-order chi connectivity index (χ0) is 21.3. The minimum Gasteiger partial charge on any atom is -0.492 e. The van der Waals surface area contributed by atoms with Crippen LogP contribution in [0.25, 0.3) is 0 Å². The zero-order valence-electron chi connectivity index (χ0n) is 17.0. The molecule has 2 aromatic rings. The number of carbonyl (C=O) groups is 2. The van der Waals surface area contributed by atoms with Crippen molar-refractivity contribution in [3.05, 3.63) is 59.9 Å². The summed E-state index contributed by atoms with van der Waals surface area (Å²) < 4.78 is 23.3. The molecule has 1 heterocycles. The standard InChI is InChI=1S/C22H26FN3O4/c1-29-22(28)17-2-8-20(9-3-17)30-15-14-25-10-12-26(13-11-25)16-21(27)24-19-6-4-18(23)5-7-19/h2-9H,10-16H2,1H3,(H,24,27). The van der Waals surface area contributed by atoms with Crippen molar-refractivity contribution in [1.29, 1.82) is 0 Å². The lowest BCUT2D eigenvalue weighted by molar-refractivity contribution is -0.117. The molecule has 1 fully saturated rings. The number of rotatable bonds is 8. The first kappa shape index (κ1) is 21.7. The number of ether oxygens (including phenoxy) is 2. The van der Waals surface area contributed by atoms with Crippen molar-refractivity contribution in [1.82, 2.24) is 9.80 Å². The third kappa shape index (κ3) is 6.53. The number of carbonyl (C=O) groups excluding carboxylic acids is 2. The maximum absolute atomic E-state index is 12.9. The summed E-state index contributed by atoms with van der Waals surface area (Å²) in [6.45, 7) is 4.95. The number of nitrogens with one attached hydrogen (secondary N) is 1. The van der Waals surface area contributed by atoms with Crippen LogP contribution in [0.2, 0.25) is 0 Å². The molecule has 1 saturated heterocycles. The van der Waals surface area contributed by atoms with Crippen LogP contribution in [0.4, 0.5) is 10.1 Å². The van der Waals surface area contributed by atoms with E-state index >= 15 is 0 Å². The SMILES string of the molecule is COC(=O)c1ccc(OCCN2CCN(CC(=O)Nc3ccc(F)cc3)CC2)cc1. The van der Waals surface area contributed by atoms with Crippen LogP contribution in [0.1, 0.15) is 10.4 Å². The summed E-state index contributed by atoms with van der Waals surface area (Å²) in [5, 5.41) is 2.78. The number of piperazine rings is 1. The predicted octanol–water partition coefficient (Wildman–Crippen LogP) is 2.25. The molecule has 7 nitrogen and oxygen atoms in total. The Bertz CT molecular complexity index is 834. The van der Waals surface area contributed by atoms with E-state index in [-0.39, 0.29) is 17.7 Å². The molecule has 0 atom stereocenters. The third-order valence-corrected chi connectivity index (χ3v) is 4.91. The van der Waals surface area contributed by atoms with Gasteiger partial charge in [-0.2, -0.15) is 0 Å². The van der Waals surface area contributed by atoms with Crippen LogP contribution in [-0.2, 0) is 9.53 Å². The molecule has 1 amide bonds. The lowest BCUT2D eigenvalue weighted by Gasteiger charge is -2.34. The van der Waals surface area contributed by atoms with Crippen molar-refractivity contribution in [3.63, 3.8) is 0 Å². The number of nitrogens with zero attached hydrogens (tertiary/aromatic N) is 2. The summed E-state index contributed by atoms with van der Waals surface area (Å²) in [5.41, 5.74) is 1.08. The van der Waals surface area contributed by atoms with Crippen LogP contribution >= 0.6 is 0 Å². The molecule has 1 N–H and O–H groups in total. The Balaban J connectivity index is 1.33. The van der Waals surface area contributed by atoms with E-state index in [1.165, 1.54) is 19.2 Å². The van der Waals surface area contributed by atoms with Gasteiger partial charge in [-0.25, -0.2) is 9.18 Å². The molecule has 160 valence electrons. The Morgan fingerprint density at radius 3 is 2.23 bits per heavy atom. The van der Waals surface area contributed by atoms with Crippen LogP contribution in [-0.4, -0.2) is 74.7 Å². The van der Waals surface area contributed by atoms with Gasteiger partial charge < -0.3 is 14.8 Å². The topological polar surface area (TPSA) is 71.1 Å². The fraction of sp³-hybridized carbons (Fsp3) is 0.364. The average Bonchev–Trinajstić information content (AvgIpc) is 2.76. The average molecular weight is 415 g/mol. The number of halogens is 1. The lowest BCUT2D eigenvalue weighted by Crippen LogP contribution is -2.49. The van der Waals surface area contributed by atoms with Gasteiger partial charge in [0.25, 0.3) is 0 Å². The number of esters is 1. The molecule has 0 radical (unpaired) electrons. The second-order valence-corrected chi connectivity index (χ2v) is 7.04. The van der Waals surface area contributed by atoms with Gasteiger partial charge in [0, 0.05) is 38.4 Å². The first-order valence-corrected chi connectivity index (χ1v) is 9.85. The molecule has 2 aromatic carbocycles. The van der Waals surface area contributed by atoms with Crippen molar-refractivity contribution in [2.75, 3.05) is 58.3 Å². The van der Waals surface area contributed by atoms with Crippen LogP contribution in [0.15, 0.2) is 48.5 Å². The van der Waals surface area contributed by atoms with E-state index in [0.29, 0.717) is 30.2 Å². The monoisotopic (exact) mass is 415 g/mol. The molecule has 0 aliphatic carbocycles. The first-order valence-electron chi connectivity index (χ1n) is 9.85. The highest BCUT2D eigenvalue weighted by Crippen LogP contribution is 2.13. The molecular weight excluding hydrogens is 389 g/mol. The minimum absolute atomic E-state index is 0.103. The van der Waals surface area contributed by atoms with Crippen LogP contribution < -0.4 is 10.1 Å². The third-order valence-electron chi connectivity index (χ3n) is 4.91. The van der Waals surface area contributed by atoms with Gasteiger partial charge in [-0.15, -0.1) is 0 Å². The second-order valence-electron chi connectivity index (χ2n) is 7.04. The number of amides is 1. The van der Waals surface area contributed by atoms with E-state index in [1.54, 1.807) is 36.4 Å². The van der Waals surface area contributed by atoms with Crippen LogP contribution in [0.5, 0.6) is 5.75 Å². The predicted molar refractivity (Wildman–Crippen MR) is 111 cm³/mol.